The third-order valence-electron chi connectivity index (χ3n) is 4.91. The molecule has 0 aliphatic heterocycles. The van der Waals surface area contributed by atoms with Crippen molar-refractivity contribution >= 4 is 39.0 Å². The molecule has 1 aromatic carbocycles. The molecule has 29 heavy (non-hydrogen) atoms. The Morgan fingerprint density at radius 2 is 1.79 bits per heavy atom. The highest BCUT2D eigenvalue weighted by atomic mass is 35.5. The highest BCUT2D eigenvalue weighted by Gasteiger charge is 2.20. The number of methoxy groups -OCH3 is 1. The molecule has 0 unspecified atom stereocenters. The molecule has 0 saturated carbocycles. The third-order valence-corrected chi connectivity index (χ3v) is 6.07. The van der Waals surface area contributed by atoms with Gasteiger partial charge in [-0.05, 0) is 60.3 Å². The van der Waals surface area contributed by atoms with Gasteiger partial charge in [0.25, 0.3) is 0 Å². The standard InChI is InChI=1S/C22H21ClN4OS/c1-14-18(16-4-6-17(28-3)7-5-16)19-20(25-22(23)26-21(19)29-14)27(2)13-10-15-8-11-24-12-9-15/h4-9,11-12H,10,13H2,1-3H3. The van der Waals surface area contributed by atoms with Crippen molar-refractivity contribution < 1.29 is 4.74 Å². The fourth-order valence-corrected chi connectivity index (χ4v) is 4.66. The fourth-order valence-electron chi connectivity index (χ4n) is 3.40. The first-order valence-corrected chi connectivity index (χ1v) is 10.5. The van der Waals surface area contributed by atoms with E-state index in [2.05, 4.69) is 38.9 Å². The molecule has 3 aromatic heterocycles. The van der Waals surface area contributed by atoms with Gasteiger partial charge in [0.1, 0.15) is 16.4 Å². The topological polar surface area (TPSA) is 51.1 Å². The Labute approximate surface area is 179 Å². The van der Waals surface area contributed by atoms with E-state index in [1.54, 1.807) is 18.4 Å². The van der Waals surface area contributed by atoms with E-state index in [0.29, 0.717) is 0 Å². The summed E-state index contributed by atoms with van der Waals surface area (Å²) in [6.45, 7) is 2.92. The Morgan fingerprint density at radius 1 is 1.07 bits per heavy atom. The highest BCUT2D eigenvalue weighted by molar-refractivity contribution is 7.19. The molecule has 0 N–H and O–H groups in total. The van der Waals surface area contributed by atoms with Crippen molar-refractivity contribution in [3.63, 3.8) is 0 Å². The van der Waals surface area contributed by atoms with Crippen molar-refractivity contribution in [1.29, 1.82) is 0 Å². The van der Waals surface area contributed by atoms with E-state index in [1.165, 1.54) is 10.4 Å². The van der Waals surface area contributed by atoms with Crippen LogP contribution in [0.5, 0.6) is 5.75 Å². The van der Waals surface area contributed by atoms with E-state index in [4.69, 9.17) is 16.3 Å². The van der Waals surface area contributed by atoms with Crippen molar-refractivity contribution in [3.05, 3.63) is 64.5 Å². The number of nitrogens with zero attached hydrogens (tertiary/aromatic N) is 4. The first-order valence-electron chi connectivity index (χ1n) is 9.28. The Hall–Kier alpha value is -2.70. The van der Waals surface area contributed by atoms with Crippen LogP contribution in [0, 0.1) is 6.92 Å². The zero-order valence-electron chi connectivity index (χ0n) is 16.5. The summed E-state index contributed by atoms with van der Waals surface area (Å²) in [6.07, 6.45) is 4.53. The van der Waals surface area contributed by atoms with Crippen molar-refractivity contribution in [2.45, 2.75) is 13.3 Å². The van der Waals surface area contributed by atoms with E-state index in [0.717, 1.165) is 45.9 Å². The first kappa shape index (κ1) is 19.6. The first-order chi connectivity index (χ1) is 14.1. The largest absolute Gasteiger partial charge is 0.497 e. The quantitative estimate of drug-likeness (QED) is 0.388. The molecule has 148 valence electrons. The Morgan fingerprint density at radius 3 is 2.48 bits per heavy atom. The maximum absolute atomic E-state index is 6.27. The molecular formula is C22H21ClN4OS. The highest BCUT2D eigenvalue weighted by Crippen LogP contribution is 2.42. The molecule has 0 fully saturated rings. The summed E-state index contributed by atoms with van der Waals surface area (Å²) in [5.41, 5.74) is 3.50. The lowest BCUT2D eigenvalue weighted by molar-refractivity contribution is 0.415. The van der Waals surface area contributed by atoms with Gasteiger partial charge in [0.05, 0.1) is 12.5 Å². The van der Waals surface area contributed by atoms with Gasteiger partial charge in [0, 0.05) is 36.4 Å². The summed E-state index contributed by atoms with van der Waals surface area (Å²) in [6, 6.07) is 12.2. The summed E-state index contributed by atoms with van der Waals surface area (Å²) in [4.78, 5) is 17.4. The lowest BCUT2D eigenvalue weighted by Gasteiger charge is -2.20. The summed E-state index contributed by atoms with van der Waals surface area (Å²) in [7, 11) is 3.72. The number of aromatic nitrogens is 3. The van der Waals surface area contributed by atoms with Crippen LogP contribution in [0.1, 0.15) is 10.4 Å². The molecule has 5 nitrogen and oxygen atoms in total. The molecule has 0 spiro atoms. The SMILES string of the molecule is COc1ccc(-c2c(C)sc3nc(Cl)nc(N(C)CCc4ccncc4)c23)cc1. The zero-order valence-corrected chi connectivity index (χ0v) is 18.1. The van der Waals surface area contributed by atoms with Gasteiger partial charge >= 0.3 is 0 Å². The molecule has 3 heterocycles. The number of hydrogen-bond acceptors (Lipinski definition) is 6. The van der Waals surface area contributed by atoms with Crippen molar-refractivity contribution in [1.82, 2.24) is 15.0 Å². The molecule has 0 atom stereocenters. The Balaban J connectivity index is 1.76. The van der Waals surface area contributed by atoms with Gasteiger partial charge in [-0.15, -0.1) is 11.3 Å². The average Bonchev–Trinajstić information content (AvgIpc) is 3.07. The molecular weight excluding hydrogens is 404 g/mol. The number of hydrogen-bond donors (Lipinski definition) is 0. The minimum Gasteiger partial charge on any atom is -0.497 e. The number of aryl methyl sites for hydroxylation is 1. The van der Waals surface area contributed by atoms with Gasteiger partial charge in [-0.25, -0.2) is 4.98 Å². The van der Waals surface area contributed by atoms with Crippen LogP contribution in [-0.2, 0) is 6.42 Å². The van der Waals surface area contributed by atoms with Gasteiger partial charge in [-0.2, -0.15) is 4.98 Å². The second kappa shape index (κ2) is 8.35. The molecule has 0 bridgehead atoms. The Bertz CT molecular complexity index is 1130. The number of likely N-dealkylation sites (N-methyl/N-ethyl adjacent to an activating group) is 1. The van der Waals surface area contributed by atoms with E-state index in [-0.39, 0.29) is 5.28 Å². The normalized spacial score (nSPS) is 11.0. The predicted octanol–water partition coefficient (Wildman–Crippen LogP) is 5.40. The van der Waals surface area contributed by atoms with Gasteiger partial charge < -0.3 is 9.64 Å². The molecule has 4 rings (SSSR count). The lowest BCUT2D eigenvalue weighted by Crippen LogP contribution is -2.22. The number of benzene rings is 1. The van der Waals surface area contributed by atoms with Crippen molar-refractivity contribution in [2.75, 3.05) is 25.6 Å². The van der Waals surface area contributed by atoms with Crippen LogP contribution < -0.4 is 9.64 Å². The minimum atomic E-state index is 0.269. The fraction of sp³-hybridized carbons (Fsp3) is 0.227. The van der Waals surface area contributed by atoms with Gasteiger partial charge in [-0.1, -0.05) is 12.1 Å². The van der Waals surface area contributed by atoms with Crippen LogP contribution in [0.4, 0.5) is 5.82 Å². The van der Waals surface area contributed by atoms with Gasteiger partial charge in [0.2, 0.25) is 5.28 Å². The maximum atomic E-state index is 6.27. The number of thiophene rings is 1. The van der Waals surface area contributed by atoms with Crippen LogP contribution in [0.25, 0.3) is 21.3 Å². The summed E-state index contributed by atoms with van der Waals surface area (Å²) < 4.78 is 5.30. The molecule has 0 radical (unpaired) electrons. The Kier molecular flexibility index (Phi) is 5.65. The third kappa shape index (κ3) is 4.04. The monoisotopic (exact) mass is 424 g/mol. The smallest absolute Gasteiger partial charge is 0.225 e. The number of ether oxygens (including phenoxy) is 1. The lowest BCUT2D eigenvalue weighted by atomic mass is 10.0. The predicted molar refractivity (Wildman–Crippen MR) is 120 cm³/mol. The molecule has 0 saturated heterocycles. The number of rotatable bonds is 6. The summed E-state index contributed by atoms with van der Waals surface area (Å²) >= 11 is 7.91. The molecule has 0 aliphatic carbocycles. The van der Waals surface area contributed by atoms with Crippen molar-refractivity contribution in [3.8, 4) is 16.9 Å². The maximum Gasteiger partial charge on any atom is 0.225 e. The number of halogens is 1. The molecule has 0 aliphatic rings. The van der Waals surface area contributed by atoms with Crippen LogP contribution in [0.15, 0.2) is 48.8 Å². The zero-order chi connectivity index (χ0) is 20.4. The van der Waals surface area contributed by atoms with Crippen molar-refractivity contribution in [2.24, 2.45) is 0 Å². The molecule has 7 heteroatoms. The van der Waals surface area contributed by atoms with Crippen LogP contribution in [0.2, 0.25) is 5.28 Å². The van der Waals surface area contributed by atoms with Crippen LogP contribution in [0.3, 0.4) is 0 Å². The van der Waals surface area contributed by atoms with Gasteiger partial charge in [0.15, 0.2) is 0 Å². The summed E-state index contributed by atoms with van der Waals surface area (Å²) in [5, 5.41) is 1.31. The van der Waals surface area contributed by atoms with E-state index in [9.17, 15) is 0 Å². The molecule has 0 amide bonds. The molecule has 4 aromatic rings. The average molecular weight is 425 g/mol. The number of pyridine rings is 1. The van der Waals surface area contributed by atoms with E-state index >= 15 is 0 Å². The summed E-state index contributed by atoms with van der Waals surface area (Å²) in [5.74, 6) is 1.68. The number of anilines is 1. The number of fused-ring (bicyclic) bond motifs is 1. The van der Waals surface area contributed by atoms with E-state index < -0.39 is 0 Å². The second-order valence-electron chi connectivity index (χ2n) is 6.79. The van der Waals surface area contributed by atoms with E-state index in [1.807, 2.05) is 43.7 Å². The second-order valence-corrected chi connectivity index (χ2v) is 8.33. The van der Waals surface area contributed by atoms with Gasteiger partial charge in [-0.3, -0.25) is 4.98 Å². The minimum absolute atomic E-state index is 0.269. The van der Waals surface area contributed by atoms with Crippen LogP contribution in [-0.4, -0.2) is 35.7 Å². The van der Waals surface area contributed by atoms with Crippen LogP contribution >= 0.6 is 22.9 Å².